The lowest BCUT2D eigenvalue weighted by Gasteiger charge is -2.32. The summed E-state index contributed by atoms with van der Waals surface area (Å²) in [7, 11) is 0. The number of amides is 1. The topological polar surface area (TPSA) is 63.7 Å². The lowest BCUT2D eigenvalue weighted by Crippen LogP contribution is -2.47. The second kappa shape index (κ2) is 6.91. The molecule has 1 aliphatic heterocycles. The van der Waals surface area contributed by atoms with Crippen LogP contribution in [-0.4, -0.2) is 48.7 Å². The Morgan fingerprint density at radius 2 is 1.52 bits per heavy atom. The highest BCUT2D eigenvalue weighted by Crippen LogP contribution is 2.43. The summed E-state index contributed by atoms with van der Waals surface area (Å²) in [5.41, 5.74) is -0.303. The molecule has 2 aromatic rings. The summed E-state index contributed by atoms with van der Waals surface area (Å²) < 4.78 is 5.29. The van der Waals surface area contributed by atoms with E-state index in [4.69, 9.17) is 16.3 Å². The average Bonchev–Trinajstić information content (AvgIpc) is 2.92. The van der Waals surface area contributed by atoms with E-state index in [1.165, 1.54) is 0 Å². The van der Waals surface area contributed by atoms with Gasteiger partial charge in [-0.3, -0.25) is 14.4 Å². The zero-order valence-electron chi connectivity index (χ0n) is 14.6. The van der Waals surface area contributed by atoms with Crippen molar-refractivity contribution in [2.75, 3.05) is 26.3 Å². The van der Waals surface area contributed by atoms with Crippen molar-refractivity contribution in [1.82, 2.24) is 4.90 Å². The Morgan fingerprint density at radius 1 is 0.963 bits per heavy atom. The Morgan fingerprint density at radius 3 is 2.07 bits per heavy atom. The molecule has 0 spiro atoms. The number of ether oxygens (including phenoxy) is 1. The maximum Gasteiger partial charge on any atom is 0.224 e. The number of hydrogen-bond donors (Lipinski definition) is 0. The molecule has 5 nitrogen and oxygen atoms in total. The second-order valence-corrected chi connectivity index (χ2v) is 7.22. The van der Waals surface area contributed by atoms with E-state index in [-0.39, 0.29) is 23.9 Å². The average molecular weight is 384 g/mol. The van der Waals surface area contributed by atoms with Crippen LogP contribution in [0.3, 0.4) is 0 Å². The van der Waals surface area contributed by atoms with Gasteiger partial charge in [-0.1, -0.05) is 48.0 Å². The minimum atomic E-state index is -1.54. The van der Waals surface area contributed by atoms with Crippen LogP contribution in [-0.2, 0) is 14.9 Å². The molecule has 1 saturated heterocycles. The maximum absolute atomic E-state index is 13.4. The molecule has 4 rings (SSSR count). The molecule has 1 heterocycles. The number of carbonyl (C=O) groups excluding carboxylic acids is 3. The van der Waals surface area contributed by atoms with Gasteiger partial charge in [0.05, 0.1) is 19.6 Å². The molecule has 1 fully saturated rings. The van der Waals surface area contributed by atoms with Crippen LogP contribution in [0.1, 0.15) is 32.7 Å². The molecule has 0 bridgehead atoms. The lowest BCUT2D eigenvalue weighted by atomic mass is 9.73. The predicted molar refractivity (Wildman–Crippen MR) is 100 cm³/mol. The van der Waals surface area contributed by atoms with E-state index >= 15 is 0 Å². The van der Waals surface area contributed by atoms with Crippen molar-refractivity contribution in [3.05, 3.63) is 70.2 Å². The van der Waals surface area contributed by atoms with Crippen LogP contribution in [0, 0.1) is 0 Å². The minimum absolute atomic E-state index is 0.193. The molecule has 2 aliphatic rings. The molecule has 0 aromatic heterocycles. The highest BCUT2D eigenvalue weighted by Gasteiger charge is 2.55. The van der Waals surface area contributed by atoms with Crippen LogP contribution in [0.4, 0.5) is 0 Å². The van der Waals surface area contributed by atoms with Gasteiger partial charge < -0.3 is 9.64 Å². The number of benzene rings is 2. The number of halogens is 1. The number of Topliss-reactive ketones (excluding diaryl/α,β-unsaturated/α-hetero) is 2. The first-order chi connectivity index (χ1) is 13.0. The predicted octanol–water partition coefficient (Wildman–Crippen LogP) is 2.91. The van der Waals surface area contributed by atoms with Gasteiger partial charge in [-0.05, 0) is 17.7 Å². The Hall–Kier alpha value is -2.50. The first-order valence-electron chi connectivity index (χ1n) is 8.84. The van der Waals surface area contributed by atoms with Gasteiger partial charge in [-0.2, -0.15) is 0 Å². The number of fused-ring (bicyclic) bond motifs is 1. The number of carbonyl (C=O) groups is 3. The van der Waals surface area contributed by atoms with E-state index in [0.29, 0.717) is 48.0 Å². The fourth-order valence-electron chi connectivity index (χ4n) is 3.85. The van der Waals surface area contributed by atoms with E-state index in [2.05, 4.69) is 0 Å². The monoisotopic (exact) mass is 383 g/mol. The third-order valence-electron chi connectivity index (χ3n) is 5.31. The third kappa shape index (κ3) is 2.87. The fourth-order valence-corrected chi connectivity index (χ4v) is 3.98. The second-order valence-electron chi connectivity index (χ2n) is 6.79. The van der Waals surface area contributed by atoms with Crippen LogP contribution in [0.5, 0.6) is 0 Å². The van der Waals surface area contributed by atoms with Crippen LogP contribution < -0.4 is 0 Å². The van der Waals surface area contributed by atoms with Crippen LogP contribution >= 0.6 is 11.6 Å². The fraction of sp³-hybridized carbons (Fsp3) is 0.286. The van der Waals surface area contributed by atoms with E-state index in [9.17, 15) is 14.4 Å². The van der Waals surface area contributed by atoms with Crippen LogP contribution in [0.2, 0.25) is 5.02 Å². The third-order valence-corrected chi connectivity index (χ3v) is 5.56. The van der Waals surface area contributed by atoms with Gasteiger partial charge in [0.25, 0.3) is 0 Å². The van der Waals surface area contributed by atoms with Crippen molar-refractivity contribution in [1.29, 1.82) is 0 Å². The zero-order chi connectivity index (χ0) is 19.0. The van der Waals surface area contributed by atoms with Gasteiger partial charge >= 0.3 is 0 Å². The quantitative estimate of drug-likeness (QED) is 0.764. The molecule has 0 saturated carbocycles. The van der Waals surface area contributed by atoms with Crippen molar-refractivity contribution in [3.8, 4) is 0 Å². The molecule has 2 aromatic carbocycles. The van der Waals surface area contributed by atoms with Gasteiger partial charge in [0.2, 0.25) is 5.91 Å². The molecule has 0 atom stereocenters. The molecule has 0 N–H and O–H groups in total. The summed E-state index contributed by atoms with van der Waals surface area (Å²) in [6, 6.07) is 13.4. The van der Waals surface area contributed by atoms with Crippen molar-refractivity contribution in [2.24, 2.45) is 0 Å². The minimum Gasteiger partial charge on any atom is -0.378 e. The molecule has 138 valence electrons. The number of nitrogens with zero attached hydrogens (tertiary/aromatic N) is 1. The molecule has 0 unspecified atom stereocenters. The molecular formula is C21H18ClNO4. The lowest BCUT2D eigenvalue weighted by molar-refractivity contribution is -0.136. The van der Waals surface area contributed by atoms with E-state index in [0.717, 1.165) is 0 Å². The molecule has 27 heavy (non-hydrogen) atoms. The highest BCUT2D eigenvalue weighted by molar-refractivity contribution is 6.34. The van der Waals surface area contributed by atoms with Crippen LogP contribution in [0.15, 0.2) is 48.5 Å². The van der Waals surface area contributed by atoms with Gasteiger partial charge in [0.15, 0.2) is 11.6 Å². The summed E-state index contributed by atoms with van der Waals surface area (Å²) in [4.78, 5) is 41.4. The van der Waals surface area contributed by atoms with E-state index < -0.39 is 5.41 Å². The molecule has 0 radical (unpaired) electrons. The van der Waals surface area contributed by atoms with Crippen molar-refractivity contribution >= 4 is 29.1 Å². The van der Waals surface area contributed by atoms with E-state index in [1.807, 2.05) is 0 Å². The standard InChI is InChI=1S/C21H18ClNO4/c22-15-7-5-14(6-8-15)21(13-18(24)23-9-11-27-12-10-23)19(25)16-3-1-2-4-17(16)20(21)26/h1-8H,9-13H2. The Balaban J connectivity index is 1.79. The summed E-state index contributed by atoms with van der Waals surface area (Å²) in [5, 5.41) is 0.504. The first kappa shape index (κ1) is 17.9. The molecule has 1 aliphatic carbocycles. The van der Waals surface area contributed by atoms with Gasteiger partial charge in [-0.25, -0.2) is 0 Å². The van der Waals surface area contributed by atoms with E-state index in [1.54, 1.807) is 53.4 Å². The Bertz CT molecular complexity index is 881. The van der Waals surface area contributed by atoms with Crippen molar-refractivity contribution in [3.63, 3.8) is 0 Å². The van der Waals surface area contributed by atoms with Gasteiger partial charge in [0.1, 0.15) is 5.41 Å². The first-order valence-corrected chi connectivity index (χ1v) is 9.22. The largest absolute Gasteiger partial charge is 0.378 e. The number of rotatable bonds is 3. The molecular weight excluding hydrogens is 366 g/mol. The summed E-state index contributed by atoms with van der Waals surface area (Å²) in [5.74, 6) is -0.873. The Labute approximate surface area is 161 Å². The van der Waals surface area contributed by atoms with Crippen molar-refractivity contribution < 1.29 is 19.1 Å². The highest BCUT2D eigenvalue weighted by atomic mass is 35.5. The maximum atomic E-state index is 13.4. The number of ketones is 2. The number of morpholine rings is 1. The smallest absolute Gasteiger partial charge is 0.224 e. The summed E-state index contributed by atoms with van der Waals surface area (Å²) >= 11 is 5.99. The summed E-state index contributed by atoms with van der Waals surface area (Å²) in [6.45, 7) is 1.85. The molecule has 1 amide bonds. The summed E-state index contributed by atoms with van der Waals surface area (Å²) in [6.07, 6.45) is -0.193. The number of hydrogen-bond acceptors (Lipinski definition) is 4. The normalized spacial score (nSPS) is 18.5. The van der Waals surface area contributed by atoms with Crippen LogP contribution in [0.25, 0.3) is 0 Å². The van der Waals surface area contributed by atoms with Crippen molar-refractivity contribution in [2.45, 2.75) is 11.8 Å². The van der Waals surface area contributed by atoms with Gasteiger partial charge in [-0.15, -0.1) is 0 Å². The molecule has 6 heteroatoms. The Kier molecular flexibility index (Phi) is 4.58. The zero-order valence-corrected chi connectivity index (χ0v) is 15.4. The van der Waals surface area contributed by atoms with Gasteiger partial charge in [0, 0.05) is 29.2 Å². The SMILES string of the molecule is O=C(CC1(c2ccc(Cl)cc2)C(=O)c2ccccc2C1=O)N1CCOCC1.